The molecule has 0 aliphatic rings. The van der Waals surface area contributed by atoms with Crippen LogP contribution in [-0.4, -0.2) is 24.7 Å². The van der Waals surface area contributed by atoms with E-state index >= 15 is 0 Å². The van der Waals surface area contributed by atoms with Crippen LogP contribution < -0.4 is 5.32 Å². The molecular weight excluding hydrogens is 299 g/mol. The summed E-state index contributed by atoms with van der Waals surface area (Å²) in [6.07, 6.45) is 0. The van der Waals surface area contributed by atoms with Crippen molar-refractivity contribution >= 4 is 21.6 Å². The summed E-state index contributed by atoms with van der Waals surface area (Å²) in [5.74, 6) is -1.14. The van der Waals surface area contributed by atoms with Gasteiger partial charge in [0, 0.05) is 6.07 Å². The Morgan fingerprint density at radius 2 is 2.05 bits per heavy atom. The van der Waals surface area contributed by atoms with Crippen molar-refractivity contribution in [2.45, 2.75) is 24.0 Å². The lowest BCUT2D eigenvalue weighted by Gasteiger charge is -2.12. The normalized spacial score (nSPS) is 12.9. The predicted molar refractivity (Wildman–Crippen MR) is 72.9 cm³/mol. The van der Waals surface area contributed by atoms with Crippen molar-refractivity contribution in [2.24, 2.45) is 0 Å². The standard InChI is InChI=1S/C13H13FN2O4S/c1-8-7-12(16-20-8)15-13(17)9(2)21(18,19)11-6-4-3-5-10(11)14/h3-7,9H,1-2H3,(H,15,16,17)/t9-/m0/s1. The molecule has 0 aliphatic heterocycles. The third kappa shape index (κ3) is 3.10. The van der Waals surface area contributed by atoms with E-state index in [1.54, 1.807) is 6.92 Å². The van der Waals surface area contributed by atoms with Gasteiger partial charge in [0.05, 0.1) is 0 Å². The van der Waals surface area contributed by atoms with Crippen LogP contribution in [0.1, 0.15) is 12.7 Å². The maximum absolute atomic E-state index is 13.6. The van der Waals surface area contributed by atoms with Crippen LogP contribution in [0.3, 0.4) is 0 Å². The maximum Gasteiger partial charge on any atom is 0.244 e. The highest BCUT2D eigenvalue weighted by Gasteiger charge is 2.32. The van der Waals surface area contributed by atoms with Crippen LogP contribution in [0.2, 0.25) is 0 Å². The number of halogens is 1. The zero-order valence-corrected chi connectivity index (χ0v) is 12.1. The molecule has 0 saturated carbocycles. The molecule has 112 valence electrons. The lowest BCUT2D eigenvalue weighted by Crippen LogP contribution is -2.33. The number of hydrogen-bond donors (Lipinski definition) is 1. The fourth-order valence-electron chi connectivity index (χ4n) is 1.66. The summed E-state index contributed by atoms with van der Waals surface area (Å²) < 4.78 is 42.9. The Kier molecular flexibility index (Phi) is 4.08. The number of hydrogen-bond acceptors (Lipinski definition) is 5. The molecule has 0 bridgehead atoms. The van der Waals surface area contributed by atoms with Crippen LogP contribution >= 0.6 is 0 Å². The van der Waals surface area contributed by atoms with Gasteiger partial charge in [0.1, 0.15) is 21.7 Å². The highest BCUT2D eigenvalue weighted by molar-refractivity contribution is 7.92. The number of rotatable bonds is 4. The molecule has 2 rings (SSSR count). The minimum Gasteiger partial charge on any atom is -0.360 e. The Balaban J connectivity index is 2.24. The second-order valence-electron chi connectivity index (χ2n) is 4.43. The summed E-state index contributed by atoms with van der Waals surface area (Å²) in [4.78, 5) is 11.4. The Hall–Kier alpha value is -2.22. The van der Waals surface area contributed by atoms with E-state index < -0.39 is 31.7 Å². The number of benzene rings is 1. The van der Waals surface area contributed by atoms with Gasteiger partial charge in [-0.05, 0) is 26.0 Å². The predicted octanol–water partition coefficient (Wildman–Crippen LogP) is 1.92. The summed E-state index contributed by atoms with van der Waals surface area (Å²) in [6.45, 7) is 2.81. The molecule has 6 nitrogen and oxygen atoms in total. The molecule has 1 amide bonds. The lowest BCUT2D eigenvalue weighted by molar-refractivity contribution is -0.115. The summed E-state index contributed by atoms with van der Waals surface area (Å²) in [7, 11) is -4.13. The number of aromatic nitrogens is 1. The summed E-state index contributed by atoms with van der Waals surface area (Å²) in [5.41, 5.74) is 0. The van der Waals surface area contributed by atoms with Crippen molar-refractivity contribution in [1.29, 1.82) is 0 Å². The van der Waals surface area contributed by atoms with Crippen molar-refractivity contribution in [2.75, 3.05) is 5.32 Å². The number of sulfone groups is 1. The molecule has 1 aromatic carbocycles. The molecule has 0 radical (unpaired) electrons. The van der Waals surface area contributed by atoms with Crippen LogP contribution in [0.25, 0.3) is 0 Å². The topological polar surface area (TPSA) is 89.3 Å². The second-order valence-corrected chi connectivity index (χ2v) is 6.67. The fraction of sp³-hybridized carbons (Fsp3) is 0.231. The molecule has 0 spiro atoms. The molecule has 1 N–H and O–H groups in total. The Morgan fingerprint density at radius 3 is 2.62 bits per heavy atom. The number of anilines is 1. The van der Waals surface area contributed by atoms with Gasteiger partial charge in [-0.25, -0.2) is 12.8 Å². The Morgan fingerprint density at radius 1 is 1.38 bits per heavy atom. The first kappa shape index (κ1) is 15.2. The van der Waals surface area contributed by atoms with E-state index in [-0.39, 0.29) is 5.82 Å². The molecule has 2 aromatic rings. The summed E-state index contributed by atoms with van der Waals surface area (Å²) in [6, 6.07) is 6.35. The van der Waals surface area contributed by atoms with Crippen LogP contribution in [0.15, 0.2) is 39.8 Å². The molecule has 21 heavy (non-hydrogen) atoms. The lowest BCUT2D eigenvalue weighted by atomic mass is 10.3. The monoisotopic (exact) mass is 312 g/mol. The first-order valence-corrected chi connectivity index (χ1v) is 7.59. The SMILES string of the molecule is Cc1cc(NC(=O)[C@H](C)S(=O)(=O)c2ccccc2F)no1. The molecule has 0 unspecified atom stereocenters. The molecule has 1 atom stereocenters. The number of nitrogens with one attached hydrogen (secondary N) is 1. The van der Waals surface area contributed by atoms with Crippen LogP contribution in [0.5, 0.6) is 0 Å². The molecular formula is C13H13FN2O4S. The van der Waals surface area contributed by atoms with Gasteiger partial charge in [-0.1, -0.05) is 17.3 Å². The summed E-state index contributed by atoms with van der Waals surface area (Å²) in [5, 5.41) is 4.38. The highest BCUT2D eigenvalue weighted by Crippen LogP contribution is 2.20. The van der Waals surface area contributed by atoms with Gasteiger partial charge in [-0.15, -0.1) is 0 Å². The second kappa shape index (κ2) is 5.65. The third-order valence-corrected chi connectivity index (χ3v) is 4.95. The first-order valence-electron chi connectivity index (χ1n) is 6.05. The number of carbonyl (C=O) groups is 1. The van der Waals surface area contributed by atoms with Gasteiger partial charge >= 0.3 is 0 Å². The minimum atomic E-state index is -4.13. The number of aryl methyl sites for hydroxylation is 1. The zero-order chi connectivity index (χ0) is 15.6. The molecule has 0 fully saturated rings. The zero-order valence-electron chi connectivity index (χ0n) is 11.3. The molecule has 0 saturated heterocycles. The van der Waals surface area contributed by atoms with E-state index in [2.05, 4.69) is 10.5 Å². The minimum absolute atomic E-state index is 0.105. The number of carbonyl (C=O) groups excluding carboxylic acids is 1. The smallest absolute Gasteiger partial charge is 0.244 e. The van der Waals surface area contributed by atoms with Gasteiger partial charge in [0.25, 0.3) is 0 Å². The molecule has 1 heterocycles. The number of nitrogens with zero attached hydrogens (tertiary/aromatic N) is 1. The average Bonchev–Trinajstić information content (AvgIpc) is 2.83. The van der Waals surface area contributed by atoms with Gasteiger partial charge in [-0.3, -0.25) is 4.79 Å². The van der Waals surface area contributed by atoms with Gasteiger partial charge in [0.2, 0.25) is 5.91 Å². The van der Waals surface area contributed by atoms with Crippen molar-refractivity contribution in [3.05, 3.63) is 41.9 Å². The van der Waals surface area contributed by atoms with E-state index in [1.807, 2.05) is 0 Å². The third-order valence-electron chi connectivity index (χ3n) is 2.86. The van der Waals surface area contributed by atoms with E-state index in [0.29, 0.717) is 5.76 Å². The van der Waals surface area contributed by atoms with Crippen LogP contribution in [-0.2, 0) is 14.6 Å². The van der Waals surface area contributed by atoms with Gasteiger partial charge < -0.3 is 9.84 Å². The Labute approximate surface area is 120 Å². The van der Waals surface area contributed by atoms with Crippen molar-refractivity contribution in [3.63, 3.8) is 0 Å². The highest BCUT2D eigenvalue weighted by atomic mass is 32.2. The Bertz CT molecular complexity index is 770. The van der Waals surface area contributed by atoms with E-state index in [4.69, 9.17) is 4.52 Å². The van der Waals surface area contributed by atoms with Gasteiger partial charge in [0.15, 0.2) is 15.7 Å². The van der Waals surface area contributed by atoms with Crippen molar-refractivity contribution in [3.8, 4) is 0 Å². The van der Waals surface area contributed by atoms with E-state index in [1.165, 1.54) is 25.1 Å². The number of amides is 1. The first-order chi connectivity index (χ1) is 9.82. The van der Waals surface area contributed by atoms with Crippen LogP contribution in [0.4, 0.5) is 10.2 Å². The molecule has 1 aromatic heterocycles. The maximum atomic E-state index is 13.6. The summed E-state index contributed by atoms with van der Waals surface area (Å²) >= 11 is 0. The van der Waals surface area contributed by atoms with Crippen molar-refractivity contribution in [1.82, 2.24) is 5.16 Å². The van der Waals surface area contributed by atoms with Crippen molar-refractivity contribution < 1.29 is 22.1 Å². The average molecular weight is 312 g/mol. The van der Waals surface area contributed by atoms with Gasteiger partial charge in [-0.2, -0.15) is 0 Å². The molecule has 0 aliphatic carbocycles. The molecule has 8 heteroatoms. The quantitative estimate of drug-likeness (QED) is 0.931. The fourth-order valence-corrected chi connectivity index (χ4v) is 2.99. The van der Waals surface area contributed by atoms with E-state index in [9.17, 15) is 17.6 Å². The van der Waals surface area contributed by atoms with E-state index in [0.717, 1.165) is 12.1 Å². The van der Waals surface area contributed by atoms with Crippen LogP contribution in [0, 0.1) is 12.7 Å². The largest absolute Gasteiger partial charge is 0.360 e.